The molecule has 0 aliphatic rings. The Morgan fingerprint density at radius 3 is 2.59 bits per heavy atom. The molecule has 0 aliphatic carbocycles. The molecule has 0 fully saturated rings. The van der Waals surface area contributed by atoms with Gasteiger partial charge in [0.1, 0.15) is 0 Å². The van der Waals surface area contributed by atoms with Crippen molar-refractivity contribution >= 4 is 17.6 Å². The van der Waals surface area contributed by atoms with Crippen molar-refractivity contribution in [2.75, 3.05) is 18.6 Å². The SMILES string of the molecule is CCOC(=O)C(N)C(=O)N(C)c1ccncc1. The number of nitrogens with zero attached hydrogens (tertiary/aromatic N) is 2. The van der Waals surface area contributed by atoms with Gasteiger partial charge in [0.25, 0.3) is 5.91 Å². The van der Waals surface area contributed by atoms with Crippen molar-refractivity contribution in [2.45, 2.75) is 13.0 Å². The van der Waals surface area contributed by atoms with E-state index in [1.807, 2.05) is 0 Å². The molecule has 0 saturated heterocycles. The van der Waals surface area contributed by atoms with Crippen LogP contribution in [0.3, 0.4) is 0 Å². The molecule has 6 nitrogen and oxygen atoms in total. The fourth-order valence-corrected chi connectivity index (χ4v) is 1.24. The smallest absolute Gasteiger partial charge is 0.332 e. The zero-order valence-corrected chi connectivity index (χ0v) is 9.79. The third-order valence-corrected chi connectivity index (χ3v) is 2.19. The molecule has 0 aliphatic heterocycles. The highest BCUT2D eigenvalue weighted by molar-refractivity contribution is 6.09. The number of anilines is 1. The highest BCUT2D eigenvalue weighted by Crippen LogP contribution is 2.10. The number of ether oxygens (including phenoxy) is 1. The maximum absolute atomic E-state index is 11.8. The second-order valence-corrected chi connectivity index (χ2v) is 3.33. The molecule has 1 rings (SSSR count). The molecule has 0 aromatic carbocycles. The number of hydrogen-bond donors (Lipinski definition) is 1. The van der Waals surface area contributed by atoms with Gasteiger partial charge in [-0.3, -0.25) is 9.78 Å². The van der Waals surface area contributed by atoms with Crippen LogP contribution in [-0.2, 0) is 14.3 Å². The molecule has 0 bridgehead atoms. The second-order valence-electron chi connectivity index (χ2n) is 3.33. The maximum atomic E-state index is 11.8. The number of rotatable bonds is 4. The topological polar surface area (TPSA) is 85.5 Å². The fraction of sp³-hybridized carbons (Fsp3) is 0.364. The minimum Gasteiger partial charge on any atom is -0.464 e. The van der Waals surface area contributed by atoms with Crippen molar-refractivity contribution in [3.8, 4) is 0 Å². The quantitative estimate of drug-likeness (QED) is 0.585. The molecule has 1 atom stereocenters. The Balaban J connectivity index is 2.73. The van der Waals surface area contributed by atoms with Crippen LogP contribution in [0.2, 0.25) is 0 Å². The molecular weight excluding hydrogens is 222 g/mol. The standard InChI is InChI=1S/C11H15N3O3/c1-3-17-11(16)9(12)10(15)14(2)8-4-6-13-7-5-8/h4-7,9H,3,12H2,1-2H3. The van der Waals surface area contributed by atoms with Crippen LogP contribution >= 0.6 is 0 Å². The first-order chi connectivity index (χ1) is 8.07. The monoisotopic (exact) mass is 237 g/mol. The van der Waals surface area contributed by atoms with E-state index in [1.54, 1.807) is 31.5 Å². The van der Waals surface area contributed by atoms with Crippen molar-refractivity contribution in [3.05, 3.63) is 24.5 Å². The van der Waals surface area contributed by atoms with Crippen molar-refractivity contribution in [1.82, 2.24) is 4.98 Å². The van der Waals surface area contributed by atoms with Crippen LogP contribution in [0.15, 0.2) is 24.5 Å². The van der Waals surface area contributed by atoms with Crippen LogP contribution in [0.4, 0.5) is 5.69 Å². The van der Waals surface area contributed by atoms with Gasteiger partial charge in [0, 0.05) is 25.1 Å². The molecule has 92 valence electrons. The number of amides is 1. The molecule has 1 heterocycles. The van der Waals surface area contributed by atoms with Gasteiger partial charge >= 0.3 is 5.97 Å². The van der Waals surface area contributed by atoms with Crippen LogP contribution in [0.1, 0.15) is 6.92 Å². The van der Waals surface area contributed by atoms with Gasteiger partial charge in [-0.25, -0.2) is 4.79 Å². The van der Waals surface area contributed by atoms with Gasteiger partial charge in [-0.05, 0) is 19.1 Å². The van der Waals surface area contributed by atoms with Gasteiger partial charge < -0.3 is 15.4 Å². The predicted octanol–water partition coefficient (Wildman–Crippen LogP) is -0.0652. The maximum Gasteiger partial charge on any atom is 0.332 e. The molecular formula is C11H15N3O3. The van der Waals surface area contributed by atoms with Crippen molar-refractivity contribution < 1.29 is 14.3 Å². The number of aromatic nitrogens is 1. The summed E-state index contributed by atoms with van der Waals surface area (Å²) in [6.07, 6.45) is 3.10. The normalized spacial score (nSPS) is 11.7. The van der Waals surface area contributed by atoms with E-state index in [4.69, 9.17) is 5.73 Å². The van der Waals surface area contributed by atoms with Crippen LogP contribution in [0.25, 0.3) is 0 Å². The summed E-state index contributed by atoms with van der Waals surface area (Å²) in [4.78, 5) is 28.3. The van der Waals surface area contributed by atoms with Crippen molar-refractivity contribution in [2.24, 2.45) is 5.73 Å². The summed E-state index contributed by atoms with van der Waals surface area (Å²) in [6.45, 7) is 1.85. The van der Waals surface area contributed by atoms with Gasteiger partial charge in [-0.1, -0.05) is 0 Å². The summed E-state index contributed by atoms with van der Waals surface area (Å²) in [7, 11) is 1.54. The summed E-state index contributed by atoms with van der Waals surface area (Å²) in [5.74, 6) is -1.24. The molecule has 1 aromatic heterocycles. The van der Waals surface area contributed by atoms with Gasteiger partial charge in [0.2, 0.25) is 0 Å². The Hall–Kier alpha value is -1.95. The Morgan fingerprint density at radius 1 is 1.47 bits per heavy atom. The minimum absolute atomic E-state index is 0.193. The van der Waals surface area contributed by atoms with Gasteiger partial charge in [0.05, 0.1) is 6.61 Å². The highest BCUT2D eigenvalue weighted by Gasteiger charge is 2.27. The third-order valence-electron chi connectivity index (χ3n) is 2.19. The Kier molecular flexibility index (Phi) is 4.59. The summed E-state index contributed by atoms with van der Waals surface area (Å²) >= 11 is 0. The molecule has 0 spiro atoms. The summed E-state index contributed by atoms with van der Waals surface area (Å²) in [5, 5.41) is 0. The lowest BCUT2D eigenvalue weighted by Crippen LogP contribution is -2.47. The van der Waals surface area contributed by atoms with Crippen LogP contribution in [0, 0.1) is 0 Å². The van der Waals surface area contributed by atoms with Crippen molar-refractivity contribution in [1.29, 1.82) is 0 Å². The van der Waals surface area contributed by atoms with E-state index < -0.39 is 17.9 Å². The molecule has 1 aromatic rings. The van der Waals surface area contributed by atoms with E-state index in [2.05, 4.69) is 9.72 Å². The molecule has 0 saturated carbocycles. The highest BCUT2D eigenvalue weighted by atomic mass is 16.5. The van der Waals surface area contributed by atoms with Crippen LogP contribution < -0.4 is 10.6 Å². The third kappa shape index (κ3) is 3.25. The molecule has 2 N–H and O–H groups in total. The van der Waals surface area contributed by atoms with E-state index in [0.717, 1.165) is 0 Å². The molecule has 17 heavy (non-hydrogen) atoms. The zero-order valence-electron chi connectivity index (χ0n) is 9.79. The van der Waals surface area contributed by atoms with Gasteiger partial charge in [0.15, 0.2) is 6.04 Å². The largest absolute Gasteiger partial charge is 0.464 e. The predicted molar refractivity (Wildman–Crippen MR) is 62.3 cm³/mol. The Morgan fingerprint density at radius 2 is 2.06 bits per heavy atom. The van der Waals surface area contributed by atoms with E-state index in [9.17, 15) is 9.59 Å². The van der Waals surface area contributed by atoms with Crippen LogP contribution in [-0.4, -0.2) is 36.6 Å². The molecule has 1 unspecified atom stereocenters. The number of likely N-dealkylation sites (N-methyl/N-ethyl adjacent to an activating group) is 1. The molecule has 6 heteroatoms. The van der Waals surface area contributed by atoms with Gasteiger partial charge in [-0.15, -0.1) is 0 Å². The first-order valence-corrected chi connectivity index (χ1v) is 5.17. The lowest BCUT2D eigenvalue weighted by atomic mass is 10.2. The molecule has 1 amide bonds. The number of carbonyl (C=O) groups excluding carboxylic acids is 2. The summed E-state index contributed by atoms with van der Waals surface area (Å²) in [6, 6.07) is 2.00. The van der Waals surface area contributed by atoms with E-state index >= 15 is 0 Å². The first kappa shape index (κ1) is 13.1. The van der Waals surface area contributed by atoms with Gasteiger partial charge in [-0.2, -0.15) is 0 Å². The number of carbonyl (C=O) groups is 2. The Bertz CT molecular complexity index is 394. The average Bonchev–Trinajstić information content (AvgIpc) is 2.37. The zero-order chi connectivity index (χ0) is 12.8. The van der Waals surface area contributed by atoms with E-state index in [0.29, 0.717) is 5.69 Å². The lowest BCUT2D eigenvalue weighted by molar-refractivity contribution is -0.147. The first-order valence-electron chi connectivity index (χ1n) is 5.17. The number of pyridine rings is 1. The number of esters is 1. The summed E-state index contributed by atoms with van der Waals surface area (Å²) < 4.78 is 4.69. The van der Waals surface area contributed by atoms with Crippen molar-refractivity contribution in [3.63, 3.8) is 0 Å². The molecule has 0 radical (unpaired) electrons. The van der Waals surface area contributed by atoms with E-state index in [-0.39, 0.29) is 6.61 Å². The average molecular weight is 237 g/mol. The van der Waals surface area contributed by atoms with E-state index in [1.165, 1.54) is 11.9 Å². The second kappa shape index (κ2) is 5.95. The minimum atomic E-state index is -1.30. The number of hydrogen-bond acceptors (Lipinski definition) is 5. The number of nitrogens with two attached hydrogens (primary N) is 1. The summed E-state index contributed by atoms with van der Waals surface area (Å²) in [5.41, 5.74) is 6.12. The fourth-order valence-electron chi connectivity index (χ4n) is 1.24. The van der Waals surface area contributed by atoms with Crippen LogP contribution in [0.5, 0.6) is 0 Å². The Labute approximate surface area is 99.4 Å². The lowest BCUT2D eigenvalue weighted by Gasteiger charge is -2.20.